The van der Waals surface area contributed by atoms with E-state index >= 15 is 0 Å². The number of sulfonamides is 1. The monoisotopic (exact) mass is 577 g/mol. The van der Waals surface area contributed by atoms with Crippen LogP contribution in [0.1, 0.15) is 63.9 Å². The van der Waals surface area contributed by atoms with Crippen molar-refractivity contribution in [3.8, 4) is 5.75 Å². The number of rotatable bonds is 13. The zero-order valence-electron chi connectivity index (χ0n) is 23.1. The Hall–Kier alpha value is -2.78. The highest BCUT2D eigenvalue weighted by atomic mass is 35.5. The third kappa shape index (κ3) is 9.14. The lowest BCUT2D eigenvalue weighted by molar-refractivity contribution is -0.141. The molecule has 8 nitrogen and oxygen atoms in total. The second kappa shape index (κ2) is 14.6. The summed E-state index contributed by atoms with van der Waals surface area (Å²) in [5.74, 6) is 0.291. The highest BCUT2D eigenvalue weighted by Gasteiger charge is 2.30. The van der Waals surface area contributed by atoms with Gasteiger partial charge in [-0.25, -0.2) is 8.42 Å². The van der Waals surface area contributed by atoms with Crippen molar-refractivity contribution in [2.45, 2.75) is 76.9 Å². The summed E-state index contributed by atoms with van der Waals surface area (Å²) < 4.78 is 31.5. The zero-order chi connectivity index (χ0) is 28.4. The summed E-state index contributed by atoms with van der Waals surface area (Å²) in [4.78, 5) is 28.6. The number of nitrogens with one attached hydrogen (secondary N) is 1. The van der Waals surface area contributed by atoms with Crippen LogP contribution >= 0.6 is 11.6 Å². The minimum Gasteiger partial charge on any atom is -0.497 e. The lowest BCUT2D eigenvalue weighted by atomic mass is 9.95. The molecule has 39 heavy (non-hydrogen) atoms. The smallest absolute Gasteiger partial charge is 0.243 e. The second-order valence-corrected chi connectivity index (χ2v) is 12.4. The number of benzene rings is 2. The van der Waals surface area contributed by atoms with Crippen molar-refractivity contribution in [2.24, 2.45) is 0 Å². The van der Waals surface area contributed by atoms with Gasteiger partial charge in [-0.15, -0.1) is 0 Å². The van der Waals surface area contributed by atoms with Crippen molar-refractivity contribution in [3.63, 3.8) is 0 Å². The molecule has 3 rings (SSSR count). The molecule has 0 aromatic heterocycles. The Bertz CT molecular complexity index is 1180. The van der Waals surface area contributed by atoms with Crippen LogP contribution in [0, 0.1) is 0 Å². The summed E-state index contributed by atoms with van der Waals surface area (Å²) in [5.41, 5.74) is 1.37. The number of carbonyl (C=O) groups is 2. The van der Waals surface area contributed by atoms with Gasteiger partial charge in [0.2, 0.25) is 21.8 Å². The lowest BCUT2D eigenvalue weighted by Gasteiger charge is -2.33. The fourth-order valence-electron chi connectivity index (χ4n) is 5.00. The number of nitrogens with zero attached hydrogens (tertiary/aromatic N) is 2. The molecule has 2 aromatic rings. The zero-order valence-corrected chi connectivity index (χ0v) is 24.6. The van der Waals surface area contributed by atoms with E-state index in [4.69, 9.17) is 16.3 Å². The van der Waals surface area contributed by atoms with E-state index in [1.165, 1.54) is 10.7 Å². The average molecular weight is 578 g/mol. The minimum atomic E-state index is -3.57. The number of anilines is 1. The molecule has 1 N–H and O–H groups in total. The maximum Gasteiger partial charge on any atom is 0.243 e. The quantitative estimate of drug-likeness (QED) is 0.355. The molecule has 1 atom stereocenters. The Labute approximate surface area is 237 Å². The number of hydrogen-bond acceptors (Lipinski definition) is 5. The number of ether oxygens (including phenoxy) is 1. The maximum absolute atomic E-state index is 13.6. The predicted molar refractivity (Wildman–Crippen MR) is 156 cm³/mol. The van der Waals surface area contributed by atoms with E-state index in [2.05, 4.69) is 5.32 Å². The molecule has 0 bridgehead atoms. The van der Waals surface area contributed by atoms with Gasteiger partial charge < -0.3 is 15.0 Å². The Balaban J connectivity index is 1.74. The Morgan fingerprint density at radius 2 is 1.69 bits per heavy atom. The van der Waals surface area contributed by atoms with Gasteiger partial charge in [-0.3, -0.25) is 13.9 Å². The molecule has 1 aliphatic rings. The molecule has 0 unspecified atom stereocenters. The number of amides is 2. The number of halogens is 1. The molecule has 0 heterocycles. The van der Waals surface area contributed by atoms with Crippen molar-refractivity contribution in [1.82, 2.24) is 10.2 Å². The van der Waals surface area contributed by atoms with Gasteiger partial charge in [-0.1, -0.05) is 49.9 Å². The summed E-state index contributed by atoms with van der Waals surface area (Å²) in [5, 5.41) is 3.77. The van der Waals surface area contributed by atoms with E-state index < -0.39 is 16.1 Å². The molecule has 0 aliphatic heterocycles. The van der Waals surface area contributed by atoms with Gasteiger partial charge in [0.25, 0.3) is 0 Å². The van der Waals surface area contributed by atoms with Crippen LogP contribution < -0.4 is 14.4 Å². The van der Waals surface area contributed by atoms with Crippen molar-refractivity contribution in [1.29, 1.82) is 0 Å². The van der Waals surface area contributed by atoms with Crippen molar-refractivity contribution in [3.05, 3.63) is 59.1 Å². The van der Waals surface area contributed by atoms with Gasteiger partial charge in [-0.05, 0) is 67.6 Å². The molecule has 1 aliphatic carbocycles. The van der Waals surface area contributed by atoms with Crippen molar-refractivity contribution in [2.75, 3.05) is 24.2 Å². The Morgan fingerprint density at radius 1 is 1.05 bits per heavy atom. The van der Waals surface area contributed by atoms with E-state index in [9.17, 15) is 18.0 Å². The van der Waals surface area contributed by atoms with Crippen LogP contribution in [0.25, 0.3) is 0 Å². The van der Waals surface area contributed by atoms with Gasteiger partial charge in [0.1, 0.15) is 11.8 Å². The van der Waals surface area contributed by atoms with Gasteiger partial charge in [-0.2, -0.15) is 0 Å². The second-order valence-electron chi connectivity index (χ2n) is 10.1. The highest BCUT2D eigenvalue weighted by Crippen LogP contribution is 2.23. The first-order chi connectivity index (χ1) is 18.6. The van der Waals surface area contributed by atoms with Crippen LogP contribution in [0.2, 0.25) is 5.02 Å². The molecular formula is C29H40ClN3O5S. The molecule has 10 heteroatoms. The summed E-state index contributed by atoms with van der Waals surface area (Å²) in [6.45, 7) is 2.31. The van der Waals surface area contributed by atoms with E-state index in [0.29, 0.717) is 29.3 Å². The number of carbonyl (C=O) groups excluding carboxylic acids is 2. The van der Waals surface area contributed by atoms with Crippen LogP contribution in [0.3, 0.4) is 0 Å². The van der Waals surface area contributed by atoms with Gasteiger partial charge in [0.05, 0.1) is 19.1 Å². The van der Waals surface area contributed by atoms with E-state index in [1.807, 2.05) is 19.1 Å². The van der Waals surface area contributed by atoms with E-state index in [-0.39, 0.29) is 37.4 Å². The average Bonchev–Trinajstić information content (AvgIpc) is 2.92. The van der Waals surface area contributed by atoms with Crippen molar-refractivity contribution < 1.29 is 22.7 Å². The molecule has 1 fully saturated rings. The normalized spacial score (nSPS) is 14.9. The predicted octanol–water partition coefficient (Wildman–Crippen LogP) is 5.15. The topological polar surface area (TPSA) is 96.0 Å². The van der Waals surface area contributed by atoms with Crippen molar-refractivity contribution >= 4 is 39.1 Å². The first-order valence-electron chi connectivity index (χ1n) is 13.6. The van der Waals surface area contributed by atoms with Crippen LogP contribution in [0.15, 0.2) is 48.5 Å². The Kier molecular flexibility index (Phi) is 11.5. The van der Waals surface area contributed by atoms with Gasteiger partial charge in [0, 0.05) is 30.6 Å². The fourth-order valence-corrected chi connectivity index (χ4v) is 6.09. The molecule has 2 amide bonds. The molecule has 1 saturated carbocycles. The molecule has 0 radical (unpaired) electrons. The van der Waals surface area contributed by atoms with Crippen LogP contribution in [-0.4, -0.2) is 57.1 Å². The molecule has 0 spiro atoms. The number of methoxy groups -OCH3 is 1. The molecule has 214 valence electrons. The van der Waals surface area contributed by atoms with Gasteiger partial charge >= 0.3 is 0 Å². The third-order valence-corrected chi connectivity index (χ3v) is 8.56. The van der Waals surface area contributed by atoms with E-state index in [1.54, 1.807) is 48.4 Å². The summed E-state index contributed by atoms with van der Waals surface area (Å²) in [6.07, 6.45) is 7.32. The van der Waals surface area contributed by atoms with E-state index in [0.717, 1.165) is 37.5 Å². The fraction of sp³-hybridized carbons (Fsp3) is 0.517. The molecular weight excluding hydrogens is 538 g/mol. The third-order valence-electron chi connectivity index (χ3n) is 7.12. The van der Waals surface area contributed by atoms with Crippen LogP contribution in [0.5, 0.6) is 5.75 Å². The van der Waals surface area contributed by atoms with Crippen LogP contribution in [-0.2, 0) is 26.2 Å². The standard InChI is InChI=1S/C29H40ClN3O5S/c1-4-27(29(35)31-24-9-6-5-7-10-24)32(21-22-12-14-23(30)15-13-22)28(34)11-8-20-33(39(3,36)37)25-16-18-26(38-2)19-17-25/h12-19,24,27H,4-11,20-21H2,1-3H3,(H,31,35)/t27-/m0/s1. The van der Waals surface area contributed by atoms with Gasteiger partial charge in [0.15, 0.2) is 0 Å². The Morgan fingerprint density at radius 3 is 2.26 bits per heavy atom. The number of hydrogen-bond donors (Lipinski definition) is 1. The maximum atomic E-state index is 13.6. The first kappa shape index (κ1) is 30.8. The summed E-state index contributed by atoms with van der Waals surface area (Å²) in [7, 11) is -2.02. The SMILES string of the molecule is CC[C@@H](C(=O)NC1CCCCC1)N(Cc1ccc(Cl)cc1)C(=O)CCCN(c1ccc(OC)cc1)S(C)(=O)=O. The lowest BCUT2D eigenvalue weighted by Crippen LogP contribution is -2.51. The first-order valence-corrected chi connectivity index (χ1v) is 15.8. The van der Waals surface area contributed by atoms with Crippen LogP contribution in [0.4, 0.5) is 5.69 Å². The highest BCUT2D eigenvalue weighted by molar-refractivity contribution is 7.92. The molecule has 0 saturated heterocycles. The summed E-state index contributed by atoms with van der Waals surface area (Å²) in [6, 6.07) is 13.5. The molecule has 2 aromatic carbocycles. The minimum absolute atomic E-state index is 0.100. The largest absolute Gasteiger partial charge is 0.497 e. The summed E-state index contributed by atoms with van der Waals surface area (Å²) >= 11 is 6.06.